The summed E-state index contributed by atoms with van der Waals surface area (Å²) in [7, 11) is 0. The lowest BCUT2D eigenvalue weighted by atomic mass is 10.2. The molecule has 0 bridgehead atoms. The van der Waals surface area contributed by atoms with Crippen molar-refractivity contribution in [2.45, 2.75) is 19.1 Å². The predicted octanol–water partition coefficient (Wildman–Crippen LogP) is 1.41. The Hall–Kier alpha value is -0.450. The Kier molecular flexibility index (Phi) is 3.15. The maximum Gasteiger partial charge on any atom is 0.106 e. The lowest BCUT2D eigenvalue weighted by Gasteiger charge is -2.14. The van der Waals surface area contributed by atoms with Crippen LogP contribution in [0.15, 0.2) is 22.9 Å². The van der Waals surface area contributed by atoms with Crippen molar-refractivity contribution in [2.24, 2.45) is 0 Å². The van der Waals surface area contributed by atoms with Crippen LogP contribution in [0.3, 0.4) is 0 Å². The highest BCUT2D eigenvalue weighted by Crippen LogP contribution is 2.15. The number of aliphatic hydroxyl groups excluding tert-OH is 1. The molecule has 1 saturated heterocycles. The normalized spacial score (nSPS) is 22.9. The van der Waals surface area contributed by atoms with Gasteiger partial charge < -0.3 is 5.11 Å². The van der Waals surface area contributed by atoms with Gasteiger partial charge in [0.25, 0.3) is 0 Å². The zero-order chi connectivity index (χ0) is 9.97. The molecule has 3 nitrogen and oxygen atoms in total. The first kappa shape index (κ1) is 10.1. The van der Waals surface area contributed by atoms with Crippen LogP contribution in [-0.4, -0.2) is 34.2 Å². The second kappa shape index (κ2) is 4.38. The molecule has 0 aromatic carbocycles. The van der Waals surface area contributed by atoms with Gasteiger partial charge in [-0.05, 0) is 40.0 Å². The monoisotopic (exact) mass is 256 g/mol. The molecule has 0 radical (unpaired) electrons. The SMILES string of the molecule is O[C@H]1CCN(Cc2ccnc(Br)c2)C1. The molecule has 0 saturated carbocycles. The average molecular weight is 257 g/mol. The van der Waals surface area contributed by atoms with Gasteiger partial charge in [0, 0.05) is 25.8 Å². The van der Waals surface area contributed by atoms with Crippen LogP contribution < -0.4 is 0 Å². The lowest BCUT2D eigenvalue weighted by Crippen LogP contribution is -2.21. The Morgan fingerprint density at radius 3 is 3.14 bits per heavy atom. The van der Waals surface area contributed by atoms with Gasteiger partial charge in [-0.2, -0.15) is 0 Å². The van der Waals surface area contributed by atoms with Crippen molar-refractivity contribution in [2.75, 3.05) is 13.1 Å². The minimum atomic E-state index is -0.139. The fourth-order valence-electron chi connectivity index (χ4n) is 1.75. The Bertz CT molecular complexity index is 319. The van der Waals surface area contributed by atoms with Gasteiger partial charge in [-0.15, -0.1) is 0 Å². The first-order valence-electron chi connectivity index (χ1n) is 4.75. The van der Waals surface area contributed by atoms with E-state index in [-0.39, 0.29) is 6.10 Å². The van der Waals surface area contributed by atoms with Gasteiger partial charge >= 0.3 is 0 Å². The summed E-state index contributed by atoms with van der Waals surface area (Å²) in [4.78, 5) is 6.33. The third-order valence-corrected chi connectivity index (χ3v) is 2.88. The number of hydrogen-bond acceptors (Lipinski definition) is 3. The first-order valence-corrected chi connectivity index (χ1v) is 5.54. The molecule has 1 aromatic rings. The number of β-amino-alcohol motifs (C(OH)–C–C–N with tert-alkyl or cyclic N) is 1. The number of nitrogens with zero attached hydrogens (tertiary/aromatic N) is 2. The highest BCUT2D eigenvalue weighted by Gasteiger charge is 2.19. The van der Waals surface area contributed by atoms with E-state index in [9.17, 15) is 5.11 Å². The summed E-state index contributed by atoms with van der Waals surface area (Å²) in [6.07, 6.45) is 2.55. The van der Waals surface area contributed by atoms with E-state index in [0.29, 0.717) is 0 Å². The van der Waals surface area contributed by atoms with Crippen LogP contribution in [0.2, 0.25) is 0 Å². The van der Waals surface area contributed by atoms with Gasteiger partial charge in [-0.1, -0.05) is 0 Å². The van der Waals surface area contributed by atoms with Gasteiger partial charge in [-0.3, -0.25) is 4.90 Å². The van der Waals surface area contributed by atoms with E-state index in [1.165, 1.54) is 5.56 Å². The van der Waals surface area contributed by atoms with Gasteiger partial charge in [0.15, 0.2) is 0 Å². The second-order valence-electron chi connectivity index (χ2n) is 3.66. The van der Waals surface area contributed by atoms with E-state index < -0.39 is 0 Å². The van der Waals surface area contributed by atoms with Crippen LogP contribution >= 0.6 is 15.9 Å². The molecule has 0 spiro atoms. The fourth-order valence-corrected chi connectivity index (χ4v) is 2.17. The number of pyridine rings is 1. The van der Waals surface area contributed by atoms with Crippen LogP contribution in [0.1, 0.15) is 12.0 Å². The number of aromatic nitrogens is 1. The molecular formula is C10H13BrN2O. The first-order chi connectivity index (χ1) is 6.74. The number of hydrogen-bond donors (Lipinski definition) is 1. The molecule has 1 atom stereocenters. The minimum Gasteiger partial charge on any atom is -0.392 e. The van der Waals surface area contributed by atoms with Crippen LogP contribution in [-0.2, 0) is 6.54 Å². The van der Waals surface area contributed by atoms with Crippen molar-refractivity contribution in [1.82, 2.24) is 9.88 Å². The molecular weight excluding hydrogens is 244 g/mol. The summed E-state index contributed by atoms with van der Waals surface area (Å²) in [6, 6.07) is 4.03. The molecule has 0 aliphatic carbocycles. The van der Waals surface area contributed by atoms with Crippen molar-refractivity contribution in [3.63, 3.8) is 0 Å². The molecule has 0 amide bonds. The lowest BCUT2D eigenvalue weighted by molar-refractivity contribution is 0.175. The third-order valence-electron chi connectivity index (χ3n) is 2.44. The molecule has 1 N–H and O–H groups in total. The number of halogens is 1. The van der Waals surface area contributed by atoms with Crippen molar-refractivity contribution in [3.05, 3.63) is 28.5 Å². The molecule has 2 heterocycles. The Labute approximate surface area is 91.9 Å². The topological polar surface area (TPSA) is 36.4 Å². The Balaban J connectivity index is 1.97. The number of likely N-dealkylation sites (tertiary alicyclic amines) is 1. The molecule has 76 valence electrons. The van der Waals surface area contributed by atoms with Gasteiger partial charge in [-0.25, -0.2) is 4.98 Å². The maximum atomic E-state index is 9.37. The number of aliphatic hydroxyl groups is 1. The summed E-state index contributed by atoms with van der Waals surface area (Å²) in [5, 5.41) is 9.37. The maximum absolute atomic E-state index is 9.37. The summed E-state index contributed by atoms with van der Waals surface area (Å²) in [5.74, 6) is 0. The van der Waals surface area contributed by atoms with Crippen LogP contribution in [0.4, 0.5) is 0 Å². The van der Waals surface area contributed by atoms with E-state index in [1.54, 1.807) is 6.20 Å². The summed E-state index contributed by atoms with van der Waals surface area (Å²) < 4.78 is 0.870. The predicted molar refractivity (Wildman–Crippen MR) is 57.8 cm³/mol. The van der Waals surface area contributed by atoms with Crippen LogP contribution in [0.25, 0.3) is 0 Å². The van der Waals surface area contributed by atoms with Crippen molar-refractivity contribution in [1.29, 1.82) is 0 Å². The molecule has 4 heteroatoms. The molecule has 1 aliphatic heterocycles. The molecule has 1 aliphatic rings. The van der Waals surface area contributed by atoms with E-state index >= 15 is 0 Å². The van der Waals surface area contributed by atoms with Gasteiger partial charge in [0.1, 0.15) is 4.60 Å². The van der Waals surface area contributed by atoms with Crippen molar-refractivity contribution >= 4 is 15.9 Å². The molecule has 0 unspecified atom stereocenters. The highest BCUT2D eigenvalue weighted by molar-refractivity contribution is 9.10. The Morgan fingerprint density at radius 1 is 1.64 bits per heavy atom. The van der Waals surface area contributed by atoms with E-state index in [0.717, 1.165) is 30.7 Å². The zero-order valence-corrected chi connectivity index (χ0v) is 9.44. The van der Waals surface area contributed by atoms with E-state index in [2.05, 4.69) is 25.8 Å². The smallest absolute Gasteiger partial charge is 0.106 e. The summed E-state index contributed by atoms with van der Waals surface area (Å²) >= 11 is 3.34. The minimum absolute atomic E-state index is 0.139. The largest absolute Gasteiger partial charge is 0.392 e. The third kappa shape index (κ3) is 2.53. The molecule has 14 heavy (non-hydrogen) atoms. The zero-order valence-electron chi connectivity index (χ0n) is 7.86. The quantitative estimate of drug-likeness (QED) is 0.814. The molecule has 1 fully saturated rings. The number of rotatable bonds is 2. The van der Waals surface area contributed by atoms with Crippen molar-refractivity contribution in [3.8, 4) is 0 Å². The van der Waals surface area contributed by atoms with E-state index in [1.807, 2.05) is 12.1 Å². The van der Waals surface area contributed by atoms with Gasteiger partial charge in [0.05, 0.1) is 6.10 Å². The van der Waals surface area contributed by atoms with E-state index in [4.69, 9.17) is 0 Å². The summed E-state index contributed by atoms with van der Waals surface area (Å²) in [5.41, 5.74) is 1.24. The average Bonchev–Trinajstić information content (AvgIpc) is 2.51. The fraction of sp³-hybridized carbons (Fsp3) is 0.500. The highest BCUT2D eigenvalue weighted by atomic mass is 79.9. The van der Waals surface area contributed by atoms with Crippen molar-refractivity contribution < 1.29 is 5.11 Å². The summed E-state index contributed by atoms with van der Waals surface area (Å²) in [6.45, 7) is 2.68. The standard InChI is InChI=1S/C10H13BrN2O/c11-10-5-8(1-3-12-10)6-13-4-2-9(14)7-13/h1,3,5,9,14H,2,4,6-7H2/t9-/m0/s1. The van der Waals surface area contributed by atoms with Gasteiger partial charge in [0.2, 0.25) is 0 Å². The molecule has 2 rings (SSSR count). The van der Waals surface area contributed by atoms with Crippen LogP contribution in [0.5, 0.6) is 0 Å². The van der Waals surface area contributed by atoms with Crippen LogP contribution in [0, 0.1) is 0 Å². The second-order valence-corrected chi connectivity index (χ2v) is 4.48. The molecule has 1 aromatic heterocycles. The Morgan fingerprint density at radius 2 is 2.50 bits per heavy atom.